The summed E-state index contributed by atoms with van der Waals surface area (Å²) in [7, 11) is 0. The molecule has 0 bridgehead atoms. The van der Waals surface area contributed by atoms with E-state index in [0.717, 1.165) is 62.6 Å². The highest BCUT2D eigenvalue weighted by Crippen LogP contribution is 2.39. The van der Waals surface area contributed by atoms with E-state index in [9.17, 15) is 4.79 Å². The molecule has 1 aliphatic carbocycles. The van der Waals surface area contributed by atoms with Crippen LogP contribution in [0.4, 0.5) is 0 Å². The van der Waals surface area contributed by atoms with E-state index >= 15 is 0 Å². The molecule has 0 aromatic carbocycles. The van der Waals surface area contributed by atoms with Gasteiger partial charge in [0, 0.05) is 6.54 Å². The number of carbonyl (C=O) groups excluding carboxylic acids is 1. The molecule has 1 fully saturated rings. The Morgan fingerprint density at radius 3 is 1.87 bits per heavy atom. The molecule has 0 saturated heterocycles. The van der Waals surface area contributed by atoms with Crippen molar-refractivity contribution >= 4 is 43.9 Å². The van der Waals surface area contributed by atoms with E-state index in [1.54, 1.807) is 0 Å². The molecule has 190 valence electrons. The maximum atomic E-state index is 12.2. The summed E-state index contributed by atoms with van der Waals surface area (Å²) in [6, 6.07) is 0. The standard InChI is InChI=1S/C16H31NO2S.C3H9NS.C3H8S.C2H6/c1-15(2,3)19-14(18)12-16(8-5-4-6-9-16)13-17-10-7-11-20;4-2-1-3-5;1-2-3-4;1-2/h17,20H,4-13H2,1-3H3;5H,1-4H2;4H,2-3H2,1H3;1-2H3. The summed E-state index contributed by atoms with van der Waals surface area (Å²) in [5.74, 6) is 2.79. The third-order valence-corrected chi connectivity index (χ3v) is 5.53. The Bertz CT molecular complexity index is 368. The summed E-state index contributed by atoms with van der Waals surface area (Å²) in [5.41, 5.74) is 4.82. The van der Waals surface area contributed by atoms with E-state index in [0.29, 0.717) is 6.42 Å². The molecule has 7 heteroatoms. The van der Waals surface area contributed by atoms with Crippen molar-refractivity contribution < 1.29 is 9.53 Å². The van der Waals surface area contributed by atoms with Crippen molar-refractivity contribution in [1.82, 2.24) is 5.32 Å². The Kier molecular flexibility index (Phi) is 29.1. The SMILES string of the molecule is CC.CC(C)(C)OC(=O)CC1(CNCCCS)CCCCC1.CCCS.NCCCS. The molecule has 0 spiro atoms. The highest BCUT2D eigenvalue weighted by Gasteiger charge is 2.35. The minimum Gasteiger partial charge on any atom is -0.460 e. The van der Waals surface area contributed by atoms with Gasteiger partial charge in [-0.1, -0.05) is 40.0 Å². The van der Waals surface area contributed by atoms with Gasteiger partial charge in [0.05, 0.1) is 6.42 Å². The molecule has 0 aromatic rings. The van der Waals surface area contributed by atoms with Crippen molar-refractivity contribution in [2.45, 2.75) is 105 Å². The van der Waals surface area contributed by atoms with Crippen LogP contribution in [0.1, 0.15) is 99.3 Å². The lowest BCUT2D eigenvalue weighted by atomic mass is 9.71. The number of nitrogens with one attached hydrogen (secondary N) is 1. The lowest BCUT2D eigenvalue weighted by molar-refractivity contribution is -0.158. The molecule has 0 unspecified atom stereocenters. The van der Waals surface area contributed by atoms with Gasteiger partial charge in [-0.05, 0) is 88.6 Å². The maximum absolute atomic E-state index is 12.2. The Hall–Kier alpha value is 0.440. The zero-order valence-corrected chi connectivity index (χ0v) is 24.0. The van der Waals surface area contributed by atoms with Crippen LogP contribution in [0.15, 0.2) is 0 Å². The Labute approximate surface area is 211 Å². The molecule has 1 rings (SSSR count). The predicted molar refractivity (Wildman–Crippen MR) is 150 cm³/mol. The van der Waals surface area contributed by atoms with Crippen LogP contribution in [-0.2, 0) is 9.53 Å². The van der Waals surface area contributed by atoms with Crippen LogP contribution in [0.3, 0.4) is 0 Å². The second kappa shape index (κ2) is 25.1. The number of esters is 1. The van der Waals surface area contributed by atoms with Gasteiger partial charge in [0.25, 0.3) is 0 Å². The molecule has 1 aliphatic rings. The van der Waals surface area contributed by atoms with Crippen LogP contribution >= 0.6 is 37.9 Å². The van der Waals surface area contributed by atoms with E-state index in [2.05, 4.69) is 50.1 Å². The topological polar surface area (TPSA) is 64.3 Å². The summed E-state index contributed by atoms with van der Waals surface area (Å²) in [4.78, 5) is 12.2. The van der Waals surface area contributed by atoms with Crippen molar-refractivity contribution in [2.75, 3.05) is 36.9 Å². The van der Waals surface area contributed by atoms with Crippen molar-refractivity contribution in [3.63, 3.8) is 0 Å². The first-order valence-electron chi connectivity index (χ1n) is 12.2. The van der Waals surface area contributed by atoms with Gasteiger partial charge in [-0.25, -0.2) is 0 Å². The molecule has 0 radical (unpaired) electrons. The summed E-state index contributed by atoms with van der Waals surface area (Å²) in [6.45, 7) is 14.6. The van der Waals surface area contributed by atoms with Gasteiger partial charge in [0.1, 0.15) is 5.60 Å². The van der Waals surface area contributed by atoms with Gasteiger partial charge in [-0.2, -0.15) is 37.9 Å². The van der Waals surface area contributed by atoms with Crippen molar-refractivity contribution in [2.24, 2.45) is 11.1 Å². The molecule has 31 heavy (non-hydrogen) atoms. The Morgan fingerprint density at radius 2 is 1.52 bits per heavy atom. The number of nitrogens with two attached hydrogens (primary N) is 1. The van der Waals surface area contributed by atoms with Gasteiger partial charge in [0.15, 0.2) is 0 Å². The average Bonchev–Trinajstić information content (AvgIpc) is 2.73. The fraction of sp³-hybridized carbons (Fsp3) is 0.958. The normalized spacial score (nSPS) is 14.6. The molecule has 3 N–H and O–H groups in total. The van der Waals surface area contributed by atoms with Crippen LogP contribution in [0, 0.1) is 5.41 Å². The largest absolute Gasteiger partial charge is 0.460 e. The number of hydrogen-bond acceptors (Lipinski definition) is 7. The second-order valence-corrected chi connectivity index (χ2v) is 10.0. The average molecular weight is 499 g/mol. The molecular formula is C24H54N2O2S3. The molecule has 4 nitrogen and oxygen atoms in total. The monoisotopic (exact) mass is 498 g/mol. The first-order valence-corrected chi connectivity index (χ1v) is 14.0. The fourth-order valence-corrected chi connectivity index (χ4v) is 3.39. The minimum absolute atomic E-state index is 0.0459. The van der Waals surface area contributed by atoms with E-state index in [-0.39, 0.29) is 17.0 Å². The molecule has 0 heterocycles. The highest BCUT2D eigenvalue weighted by atomic mass is 32.1. The Balaban J connectivity index is -0.000000593. The zero-order valence-electron chi connectivity index (χ0n) is 21.3. The van der Waals surface area contributed by atoms with E-state index < -0.39 is 0 Å². The first-order chi connectivity index (χ1) is 14.7. The molecule has 0 aliphatic heterocycles. The van der Waals surface area contributed by atoms with Gasteiger partial charge >= 0.3 is 5.97 Å². The number of rotatable bonds is 10. The zero-order chi connectivity index (χ0) is 24.6. The molecule has 0 atom stereocenters. The van der Waals surface area contributed by atoms with E-state index in [1.165, 1.54) is 25.7 Å². The van der Waals surface area contributed by atoms with E-state index in [1.807, 2.05) is 34.6 Å². The lowest BCUT2D eigenvalue weighted by Gasteiger charge is -2.37. The van der Waals surface area contributed by atoms with Gasteiger partial charge in [-0.3, -0.25) is 4.79 Å². The molecule has 0 amide bonds. The third-order valence-electron chi connectivity index (χ3n) is 4.45. The maximum Gasteiger partial charge on any atom is 0.306 e. The van der Waals surface area contributed by atoms with Gasteiger partial charge in [-0.15, -0.1) is 0 Å². The minimum atomic E-state index is -0.383. The summed E-state index contributed by atoms with van der Waals surface area (Å²) in [6.07, 6.45) is 9.89. The number of ether oxygens (including phenoxy) is 1. The number of carbonyl (C=O) groups is 1. The van der Waals surface area contributed by atoms with Crippen LogP contribution in [-0.4, -0.2) is 48.5 Å². The van der Waals surface area contributed by atoms with Crippen LogP contribution < -0.4 is 11.1 Å². The molecule has 1 saturated carbocycles. The first kappa shape index (κ1) is 36.0. The molecule has 0 aromatic heterocycles. The predicted octanol–water partition coefficient (Wildman–Crippen LogP) is 6.20. The van der Waals surface area contributed by atoms with E-state index in [4.69, 9.17) is 10.5 Å². The highest BCUT2D eigenvalue weighted by molar-refractivity contribution is 7.80. The summed E-state index contributed by atoms with van der Waals surface area (Å²) in [5, 5.41) is 3.51. The smallest absolute Gasteiger partial charge is 0.306 e. The van der Waals surface area contributed by atoms with Crippen molar-refractivity contribution in [3.05, 3.63) is 0 Å². The lowest BCUT2D eigenvalue weighted by Crippen LogP contribution is -2.39. The number of thiol groups is 3. The summed E-state index contributed by atoms with van der Waals surface area (Å²) >= 11 is 12.1. The second-order valence-electron chi connectivity index (χ2n) is 8.67. The Morgan fingerprint density at radius 1 is 1.00 bits per heavy atom. The van der Waals surface area contributed by atoms with Crippen LogP contribution in [0.2, 0.25) is 0 Å². The van der Waals surface area contributed by atoms with Crippen LogP contribution in [0.25, 0.3) is 0 Å². The molecular weight excluding hydrogens is 444 g/mol. The van der Waals surface area contributed by atoms with Gasteiger partial charge in [0.2, 0.25) is 0 Å². The third kappa shape index (κ3) is 26.6. The quantitative estimate of drug-likeness (QED) is 0.141. The summed E-state index contributed by atoms with van der Waals surface area (Å²) < 4.78 is 5.51. The van der Waals surface area contributed by atoms with Gasteiger partial charge < -0.3 is 15.8 Å². The van der Waals surface area contributed by atoms with Crippen LogP contribution in [0.5, 0.6) is 0 Å². The van der Waals surface area contributed by atoms with Crippen molar-refractivity contribution in [1.29, 1.82) is 0 Å². The number of hydrogen-bond donors (Lipinski definition) is 5. The fourth-order valence-electron chi connectivity index (χ4n) is 3.05. The van der Waals surface area contributed by atoms with Crippen molar-refractivity contribution in [3.8, 4) is 0 Å².